The van der Waals surface area contributed by atoms with Gasteiger partial charge in [0.15, 0.2) is 0 Å². The molecule has 0 atom stereocenters. The van der Waals surface area contributed by atoms with Crippen LogP contribution in [0.1, 0.15) is 15.9 Å². The standard InChI is InChI=1S/C14H11BrFNO/c1-9-2-3-10(8-13(9)16)14(18)17-12-6-4-11(15)5-7-12/h2-8H,1H3,(H,17,18). The highest BCUT2D eigenvalue weighted by atomic mass is 79.9. The van der Waals surface area contributed by atoms with Gasteiger partial charge in [0.1, 0.15) is 5.82 Å². The quantitative estimate of drug-likeness (QED) is 0.887. The van der Waals surface area contributed by atoms with Gasteiger partial charge < -0.3 is 5.32 Å². The van der Waals surface area contributed by atoms with Crippen LogP contribution in [-0.4, -0.2) is 5.91 Å². The minimum atomic E-state index is -0.376. The van der Waals surface area contributed by atoms with Crippen molar-refractivity contribution in [2.45, 2.75) is 6.92 Å². The SMILES string of the molecule is Cc1ccc(C(=O)Nc2ccc(Br)cc2)cc1F. The molecule has 2 nitrogen and oxygen atoms in total. The number of anilines is 1. The van der Waals surface area contributed by atoms with E-state index >= 15 is 0 Å². The van der Waals surface area contributed by atoms with E-state index in [4.69, 9.17) is 0 Å². The number of aryl methyl sites for hydroxylation is 1. The first-order valence-corrected chi connectivity index (χ1v) is 6.18. The molecule has 0 fully saturated rings. The number of halogens is 2. The van der Waals surface area contributed by atoms with Gasteiger partial charge in [-0.15, -0.1) is 0 Å². The summed E-state index contributed by atoms with van der Waals surface area (Å²) in [6, 6.07) is 11.6. The molecule has 0 aliphatic heterocycles. The molecule has 18 heavy (non-hydrogen) atoms. The molecule has 0 saturated heterocycles. The van der Waals surface area contributed by atoms with E-state index in [1.807, 2.05) is 12.1 Å². The van der Waals surface area contributed by atoms with Crippen LogP contribution in [0.15, 0.2) is 46.9 Å². The van der Waals surface area contributed by atoms with E-state index in [0.717, 1.165) is 4.47 Å². The van der Waals surface area contributed by atoms with Crippen molar-refractivity contribution in [3.05, 3.63) is 63.9 Å². The van der Waals surface area contributed by atoms with E-state index in [1.165, 1.54) is 6.07 Å². The minimum absolute atomic E-state index is 0.306. The Morgan fingerprint density at radius 1 is 1.17 bits per heavy atom. The summed E-state index contributed by atoms with van der Waals surface area (Å²) in [7, 11) is 0. The molecule has 0 saturated carbocycles. The average molecular weight is 308 g/mol. The van der Waals surface area contributed by atoms with Crippen LogP contribution in [0.4, 0.5) is 10.1 Å². The van der Waals surface area contributed by atoms with Crippen LogP contribution < -0.4 is 5.32 Å². The van der Waals surface area contributed by atoms with Crippen molar-refractivity contribution in [1.29, 1.82) is 0 Å². The predicted molar refractivity (Wildman–Crippen MR) is 73.2 cm³/mol. The fourth-order valence-corrected chi connectivity index (χ4v) is 1.73. The van der Waals surface area contributed by atoms with Gasteiger partial charge in [0.25, 0.3) is 5.91 Å². The van der Waals surface area contributed by atoms with Crippen LogP contribution in [0.2, 0.25) is 0 Å². The Bertz CT molecular complexity index is 581. The molecule has 0 heterocycles. The maximum absolute atomic E-state index is 13.3. The average Bonchev–Trinajstić information content (AvgIpc) is 2.35. The van der Waals surface area contributed by atoms with Gasteiger partial charge in [-0.3, -0.25) is 4.79 Å². The van der Waals surface area contributed by atoms with Crippen molar-refractivity contribution in [3.63, 3.8) is 0 Å². The summed E-state index contributed by atoms with van der Waals surface area (Å²) < 4.78 is 14.3. The number of hydrogen-bond acceptors (Lipinski definition) is 1. The molecule has 0 radical (unpaired) electrons. The third kappa shape index (κ3) is 2.96. The van der Waals surface area contributed by atoms with Crippen LogP contribution >= 0.6 is 15.9 Å². The lowest BCUT2D eigenvalue weighted by molar-refractivity contribution is 0.102. The summed E-state index contributed by atoms with van der Waals surface area (Å²) in [5.74, 6) is -0.699. The summed E-state index contributed by atoms with van der Waals surface area (Å²) in [6.45, 7) is 1.66. The van der Waals surface area contributed by atoms with Crippen molar-refractivity contribution >= 4 is 27.5 Å². The fourth-order valence-electron chi connectivity index (χ4n) is 1.47. The van der Waals surface area contributed by atoms with E-state index in [-0.39, 0.29) is 11.7 Å². The normalized spacial score (nSPS) is 10.2. The van der Waals surface area contributed by atoms with Gasteiger partial charge in [0.2, 0.25) is 0 Å². The molecular weight excluding hydrogens is 297 g/mol. The summed E-state index contributed by atoms with van der Waals surface area (Å²) >= 11 is 3.31. The Morgan fingerprint density at radius 2 is 1.83 bits per heavy atom. The molecule has 1 N–H and O–H groups in total. The maximum atomic E-state index is 13.3. The first-order valence-electron chi connectivity index (χ1n) is 5.39. The highest BCUT2D eigenvalue weighted by Gasteiger charge is 2.08. The van der Waals surface area contributed by atoms with Gasteiger partial charge in [-0.25, -0.2) is 4.39 Å². The third-order valence-electron chi connectivity index (χ3n) is 2.54. The van der Waals surface area contributed by atoms with Crippen molar-refractivity contribution in [2.24, 2.45) is 0 Å². The van der Waals surface area contributed by atoms with Gasteiger partial charge in [-0.05, 0) is 48.9 Å². The van der Waals surface area contributed by atoms with Gasteiger partial charge in [-0.1, -0.05) is 22.0 Å². The highest BCUT2D eigenvalue weighted by molar-refractivity contribution is 9.10. The molecule has 2 aromatic rings. The Morgan fingerprint density at radius 3 is 2.44 bits per heavy atom. The lowest BCUT2D eigenvalue weighted by atomic mass is 10.1. The molecule has 2 rings (SSSR count). The van der Waals surface area contributed by atoms with Crippen molar-refractivity contribution < 1.29 is 9.18 Å². The summed E-state index contributed by atoms with van der Waals surface area (Å²) in [6.07, 6.45) is 0. The monoisotopic (exact) mass is 307 g/mol. The largest absolute Gasteiger partial charge is 0.322 e. The predicted octanol–water partition coefficient (Wildman–Crippen LogP) is 4.15. The van der Waals surface area contributed by atoms with E-state index in [9.17, 15) is 9.18 Å². The van der Waals surface area contributed by atoms with Gasteiger partial charge in [0.05, 0.1) is 0 Å². The van der Waals surface area contributed by atoms with E-state index < -0.39 is 0 Å². The Balaban J connectivity index is 2.16. The molecular formula is C14H11BrFNO. The topological polar surface area (TPSA) is 29.1 Å². The van der Waals surface area contributed by atoms with Gasteiger partial charge in [-0.2, -0.15) is 0 Å². The molecule has 0 aliphatic rings. The molecule has 92 valence electrons. The van der Waals surface area contributed by atoms with Crippen molar-refractivity contribution in [3.8, 4) is 0 Å². The number of carbonyl (C=O) groups excluding carboxylic acids is 1. The molecule has 2 aromatic carbocycles. The highest BCUT2D eigenvalue weighted by Crippen LogP contribution is 2.16. The zero-order valence-corrected chi connectivity index (χ0v) is 11.3. The Labute approximate surface area is 113 Å². The van der Waals surface area contributed by atoms with Gasteiger partial charge in [0, 0.05) is 15.7 Å². The second-order valence-corrected chi connectivity index (χ2v) is 4.84. The molecule has 0 aromatic heterocycles. The van der Waals surface area contributed by atoms with Crippen molar-refractivity contribution in [1.82, 2.24) is 0 Å². The summed E-state index contributed by atoms with van der Waals surface area (Å²) in [4.78, 5) is 11.9. The third-order valence-corrected chi connectivity index (χ3v) is 3.06. The van der Waals surface area contributed by atoms with E-state index in [0.29, 0.717) is 16.8 Å². The second-order valence-electron chi connectivity index (χ2n) is 3.92. The molecule has 1 amide bonds. The number of nitrogens with one attached hydrogen (secondary N) is 1. The lowest BCUT2D eigenvalue weighted by Crippen LogP contribution is -2.12. The molecule has 0 aliphatic carbocycles. The van der Waals surface area contributed by atoms with Gasteiger partial charge >= 0.3 is 0 Å². The van der Waals surface area contributed by atoms with Crippen LogP contribution in [-0.2, 0) is 0 Å². The number of carbonyl (C=O) groups is 1. The Kier molecular flexibility index (Phi) is 3.77. The van der Waals surface area contributed by atoms with E-state index in [2.05, 4.69) is 21.2 Å². The van der Waals surface area contributed by atoms with Crippen LogP contribution in [0.3, 0.4) is 0 Å². The number of benzene rings is 2. The second kappa shape index (κ2) is 5.31. The Hall–Kier alpha value is -1.68. The first kappa shape index (κ1) is 12.8. The van der Waals surface area contributed by atoms with Crippen molar-refractivity contribution in [2.75, 3.05) is 5.32 Å². The maximum Gasteiger partial charge on any atom is 0.255 e. The molecule has 0 spiro atoms. The number of hydrogen-bond donors (Lipinski definition) is 1. The lowest BCUT2D eigenvalue weighted by Gasteiger charge is -2.06. The summed E-state index contributed by atoms with van der Waals surface area (Å²) in [5.41, 5.74) is 1.50. The zero-order valence-electron chi connectivity index (χ0n) is 9.71. The number of amides is 1. The molecule has 0 unspecified atom stereocenters. The fraction of sp³-hybridized carbons (Fsp3) is 0.0714. The zero-order chi connectivity index (χ0) is 13.1. The van der Waals surface area contributed by atoms with E-state index in [1.54, 1.807) is 31.2 Å². The van der Waals surface area contributed by atoms with Crippen LogP contribution in [0.25, 0.3) is 0 Å². The summed E-state index contributed by atoms with van der Waals surface area (Å²) in [5, 5.41) is 2.71. The van der Waals surface area contributed by atoms with Crippen LogP contribution in [0, 0.1) is 12.7 Å². The molecule has 4 heteroatoms. The minimum Gasteiger partial charge on any atom is -0.322 e. The first-order chi connectivity index (χ1) is 8.56. The van der Waals surface area contributed by atoms with Crippen LogP contribution in [0.5, 0.6) is 0 Å². The molecule has 0 bridgehead atoms. The smallest absolute Gasteiger partial charge is 0.255 e. The number of rotatable bonds is 2.